The Bertz CT molecular complexity index is 827. The Morgan fingerprint density at radius 3 is 2.78 bits per heavy atom. The molecular weight excluding hydrogens is 340 g/mol. The molecule has 142 valence electrons. The van der Waals surface area contributed by atoms with Gasteiger partial charge in [0.2, 0.25) is 5.91 Å². The first-order valence-corrected chi connectivity index (χ1v) is 10.4. The maximum absolute atomic E-state index is 12.9. The van der Waals surface area contributed by atoms with E-state index in [1.54, 1.807) is 0 Å². The van der Waals surface area contributed by atoms with Gasteiger partial charge in [0.05, 0.1) is 5.54 Å². The number of hydrogen-bond acceptors (Lipinski definition) is 3. The van der Waals surface area contributed by atoms with Crippen molar-refractivity contribution in [2.24, 2.45) is 11.8 Å². The molecule has 5 fully saturated rings. The van der Waals surface area contributed by atoms with Crippen molar-refractivity contribution in [3.05, 3.63) is 35.4 Å². The third-order valence-electron chi connectivity index (χ3n) is 7.79. The zero-order valence-corrected chi connectivity index (χ0v) is 15.6. The Morgan fingerprint density at radius 2 is 2.07 bits per heavy atom. The van der Waals surface area contributed by atoms with Gasteiger partial charge in [-0.2, -0.15) is 0 Å². The molecule has 5 aliphatic rings. The number of ether oxygens (including phenoxy) is 1. The number of piperidine rings is 1. The summed E-state index contributed by atoms with van der Waals surface area (Å²) in [6, 6.07) is 9.28. The van der Waals surface area contributed by atoms with Crippen LogP contribution in [-0.2, 0) is 14.9 Å². The minimum atomic E-state index is -0.338. The van der Waals surface area contributed by atoms with Gasteiger partial charge in [-0.1, -0.05) is 24.3 Å². The smallest absolute Gasteiger partial charge is 0.407 e. The van der Waals surface area contributed by atoms with Gasteiger partial charge < -0.3 is 15.0 Å². The van der Waals surface area contributed by atoms with E-state index in [2.05, 4.69) is 34.5 Å². The highest BCUT2D eigenvalue weighted by molar-refractivity contribution is 5.82. The van der Waals surface area contributed by atoms with Crippen LogP contribution in [-0.4, -0.2) is 42.1 Å². The van der Waals surface area contributed by atoms with Gasteiger partial charge in [0.25, 0.3) is 0 Å². The number of hydrogen-bond donors (Lipinski definition) is 1. The second-order valence-corrected chi connectivity index (χ2v) is 9.58. The van der Waals surface area contributed by atoms with Crippen molar-refractivity contribution in [1.29, 1.82) is 0 Å². The van der Waals surface area contributed by atoms with Gasteiger partial charge in [-0.15, -0.1) is 0 Å². The highest BCUT2D eigenvalue weighted by atomic mass is 16.6. The van der Waals surface area contributed by atoms with E-state index >= 15 is 0 Å². The molecule has 1 spiro atoms. The fourth-order valence-corrected chi connectivity index (χ4v) is 5.86. The summed E-state index contributed by atoms with van der Waals surface area (Å²) in [5.41, 5.74) is 3.10. The summed E-state index contributed by atoms with van der Waals surface area (Å²) in [5.74, 6) is 1.75. The zero-order chi connectivity index (χ0) is 18.2. The van der Waals surface area contributed by atoms with Gasteiger partial charge in [-0.3, -0.25) is 4.79 Å². The number of carbonyl (C=O) groups is 2. The molecule has 2 unspecified atom stereocenters. The predicted octanol–water partition coefficient (Wildman–Crippen LogP) is 2.94. The Morgan fingerprint density at radius 1 is 1.22 bits per heavy atom. The lowest BCUT2D eigenvalue weighted by molar-refractivity contribution is -0.142. The maximum Gasteiger partial charge on any atom is 0.407 e. The number of likely N-dealkylation sites (tertiary alicyclic amines) is 1. The van der Waals surface area contributed by atoms with Crippen LogP contribution in [0, 0.1) is 11.8 Å². The van der Waals surface area contributed by atoms with Crippen LogP contribution in [0.3, 0.4) is 0 Å². The van der Waals surface area contributed by atoms with Crippen LogP contribution in [0.1, 0.15) is 55.6 Å². The number of carbonyl (C=O) groups excluding carboxylic acids is 2. The molecule has 3 saturated carbocycles. The fraction of sp³-hybridized carbons (Fsp3) is 0.636. The highest BCUT2D eigenvalue weighted by Crippen LogP contribution is 2.60. The summed E-state index contributed by atoms with van der Waals surface area (Å²) < 4.78 is 5.03. The van der Waals surface area contributed by atoms with Crippen LogP contribution in [0.15, 0.2) is 24.3 Å². The molecule has 2 heterocycles. The summed E-state index contributed by atoms with van der Waals surface area (Å²) in [6.07, 6.45) is 6.13. The fourth-order valence-electron chi connectivity index (χ4n) is 5.86. The monoisotopic (exact) mass is 366 g/mol. The van der Waals surface area contributed by atoms with Gasteiger partial charge in [0, 0.05) is 24.4 Å². The Hall–Kier alpha value is -2.04. The average molecular weight is 366 g/mol. The van der Waals surface area contributed by atoms with Crippen molar-refractivity contribution >= 4 is 12.0 Å². The van der Waals surface area contributed by atoms with Gasteiger partial charge in [-0.05, 0) is 61.5 Å². The van der Waals surface area contributed by atoms with Crippen molar-refractivity contribution in [1.82, 2.24) is 10.2 Å². The van der Waals surface area contributed by atoms with E-state index in [-0.39, 0.29) is 23.5 Å². The number of nitrogens with zero attached hydrogens (tertiary/aromatic N) is 1. The Labute approximate surface area is 159 Å². The van der Waals surface area contributed by atoms with Crippen LogP contribution >= 0.6 is 0 Å². The quantitative estimate of drug-likeness (QED) is 0.895. The van der Waals surface area contributed by atoms with E-state index in [0.717, 1.165) is 38.3 Å². The van der Waals surface area contributed by atoms with Gasteiger partial charge in [-0.25, -0.2) is 4.79 Å². The topological polar surface area (TPSA) is 58.6 Å². The predicted molar refractivity (Wildman–Crippen MR) is 99.3 cm³/mol. The first-order valence-electron chi connectivity index (χ1n) is 10.4. The second-order valence-electron chi connectivity index (χ2n) is 9.58. The molecule has 2 atom stereocenters. The molecule has 1 N–H and O–H groups in total. The zero-order valence-electron chi connectivity index (χ0n) is 15.6. The van der Waals surface area contributed by atoms with E-state index < -0.39 is 0 Å². The molecule has 0 bridgehead atoms. The molecule has 6 rings (SSSR count). The maximum atomic E-state index is 12.9. The van der Waals surface area contributed by atoms with Crippen molar-refractivity contribution in [2.75, 3.05) is 19.7 Å². The lowest BCUT2D eigenvalue weighted by atomic mass is 9.68. The van der Waals surface area contributed by atoms with Crippen LogP contribution in [0.2, 0.25) is 0 Å². The van der Waals surface area contributed by atoms with Crippen LogP contribution in [0.5, 0.6) is 0 Å². The largest absolute Gasteiger partial charge is 0.447 e. The number of amides is 2. The molecule has 0 aromatic heterocycles. The van der Waals surface area contributed by atoms with E-state index in [1.165, 1.54) is 30.4 Å². The van der Waals surface area contributed by atoms with E-state index in [0.29, 0.717) is 17.9 Å². The van der Waals surface area contributed by atoms with Crippen molar-refractivity contribution in [2.45, 2.75) is 55.4 Å². The van der Waals surface area contributed by atoms with Crippen molar-refractivity contribution in [3.63, 3.8) is 0 Å². The van der Waals surface area contributed by atoms with E-state index in [9.17, 15) is 9.59 Å². The lowest BCUT2D eigenvalue weighted by Gasteiger charge is -2.44. The molecule has 2 aliphatic heterocycles. The third-order valence-corrected chi connectivity index (χ3v) is 7.79. The molecule has 1 aromatic carbocycles. The summed E-state index contributed by atoms with van der Waals surface area (Å²) in [6.45, 7) is 2.19. The molecule has 3 aliphatic carbocycles. The summed E-state index contributed by atoms with van der Waals surface area (Å²) in [7, 11) is 0. The van der Waals surface area contributed by atoms with E-state index in [4.69, 9.17) is 4.74 Å². The molecule has 1 aromatic rings. The third kappa shape index (κ3) is 2.43. The van der Waals surface area contributed by atoms with Gasteiger partial charge in [0.15, 0.2) is 0 Å². The Balaban J connectivity index is 1.10. The Kier molecular flexibility index (Phi) is 3.12. The SMILES string of the molecule is O=C1N[C@]2(CO1)C[C@H](C(=O)N1CCC3(c4cccc(C5CC5)c4)CC3C1)C2. The number of cyclic esters (lactones) is 1. The van der Waals surface area contributed by atoms with Crippen LogP contribution in [0.4, 0.5) is 4.79 Å². The van der Waals surface area contributed by atoms with Crippen molar-refractivity contribution < 1.29 is 14.3 Å². The summed E-state index contributed by atoms with van der Waals surface area (Å²) in [5, 5.41) is 2.89. The number of benzene rings is 1. The van der Waals surface area contributed by atoms with Crippen LogP contribution in [0.25, 0.3) is 0 Å². The molecular formula is C22H26N2O3. The van der Waals surface area contributed by atoms with E-state index in [1.807, 2.05) is 0 Å². The standard InChI is InChI=1S/C22H26N2O3/c25-19(16-9-21(10-16)13-27-20(26)23-21)24-7-6-22(11-18(22)12-24)17-3-1-2-15(8-17)14-4-5-14/h1-3,8,14,16,18H,4-7,9-13H2,(H,23,26)/t16-,18?,21+,22?. The van der Waals surface area contributed by atoms with Crippen LogP contribution < -0.4 is 5.32 Å². The number of alkyl carbamates (subject to hydrolysis) is 1. The van der Waals surface area contributed by atoms with Gasteiger partial charge >= 0.3 is 6.09 Å². The second kappa shape index (κ2) is 5.27. The summed E-state index contributed by atoms with van der Waals surface area (Å²) >= 11 is 0. The van der Waals surface area contributed by atoms with Gasteiger partial charge in [0.1, 0.15) is 6.61 Å². The number of rotatable bonds is 3. The molecule has 2 saturated heterocycles. The molecule has 5 heteroatoms. The molecule has 0 radical (unpaired) electrons. The minimum Gasteiger partial charge on any atom is -0.447 e. The minimum absolute atomic E-state index is 0.0523. The normalized spacial score (nSPS) is 39.4. The lowest BCUT2D eigenvalue weighted by Crippen LogP contribution is -2.58. The average Bonchev–Trinajstić information content (AvgIpc) is 3.56. The molecule has 5 nitrogen and oxygen atoms in total. The molecule has 27 heavy (non-hydrogen) atoms. The first kappa shape index (κ1) is 16.0. The number of fused-ring (bicyclic) bond motifs is 1. The highest BCUT2D eigenvalue weighted by Gasteiger charge is 2.59. The summed E-state index contributed by atoms with van der Waals surface area (Å²) in [4.78, 5) is 26.3. The number of nitrogens with one attached hydrogen (secondary N) is 1. The van der Waals surface area contributed by atoms with Crippen molar-refractivity contribution in [3.8, 4) is 0 Å². The molecule has 2 amide bonds. The first-order chi connectivity index (χ1) is 13.1.